The van der Waals surface area contributed by atoms with Crippen LogP contribution in [0.3, 0.4) is 0 Å². The van der Waals surface area contributed by atoms with Crippen LogP contribution < -0.4 is 11.5 Å². The van der Waals surface area contributed by atoms with Crippen LogP contribution in [0.5, 0.6) is 0 Å². The van der Waals surface area contributed by atoms with Crippen molar-refractivity contribution in [1.82, 2.24) is 0 Å². The third kappa shape index (κ3) is 4.04. The standard InChI is InChI=1S/C7H10N4O2S.Y/c1-10-11-6-3-7(14-13-12)5(9)2-4(6)8;/h2-3,12H,8-9H2,1H3;. The summed E-state index contributed by atoms with van der Waals surface area (Å²) in [6.45, 7) is 0. The molecule has 1 aromatic carbocycles. The van der Waals surface area contributed by atoms with Crippen molar-refractivity contribution in [3.05, 3.63) is 12.1 Å². The summed E-state index contributed by atoms with van der Waals surface area (Å²) in [4.78, 5) is 0.532. The van der Waals surface area contributed by atoms with E-state index in [2.05, 4.69) is 14.6 Å². The smallest absolute Gasteiger partial charge is 0.109 e. The molecule has 1 rings (SSSR count). The maximum absolute atomic E-state index is 8.26. The summed E-state index contributed by atoms with van der Waals surface area (Å²) < 4.78 is 3.91. The molecule has 1 aromatic rings. The van der Waals surface area contributed by atoms with Crippen molar-refractivity contribution in [2.75, 3.05) is 18.5 Å². The molecule has 0 bridgehead atoms. The molecule has 0 spiro atoms. The monoisotopic (exact) mass is 303 g/mol. The molecule has 8 heteroatoms. The van der Waals surface area contributed by atoms with Gasteiger partial charge < -0.3 is 11.5 Å². The van der Waals surface area contributed by atoms with E-state index in [1.165, 1.54) is 13.1 Å². The van der Waals surface area contributed by atoms with Crippen LogP contribution in [0.15, 0.2) is 27.3 Å². The van der Waals surface area contributed by atoms with E-state index in [-0.39, 0.29) is 32.7 Å². The summed E-state index contributed by atoms with van der Waals surface area (Å²) in [5.74, 6) is 0. The van der Waals surface area contributed by atoms with Gasteiger partial charge in [-0.15, -0.1) is 0 Å². The first-order valence-corrected chi connectivity index (χ1v) is 4.40. The number of hydrogen-bond donors (Lipinski definition) is 3. The van der Waals surface area contributed by atoms with E-state index in [0.29, 0.717) is 22.0 Å². The fourth-order valence-corrected chi connectivity index (χ4v) is 1.31. The molecule has 0 aliphatic heterocycles. The largest absolute Gasteiger partial charge is 0.398 e. The molecule has 79 valence electrons. The Labute approximate surface area is 116 Å². The normalized spacial score (nSPS) is 10.3. The van der Waals surface area contributed by atoms with Crippen molar-refractivity contribution in [3.8, 4) is 0 Å². The number of nitrogens with zero attached hydrogens (tertiary/aromatic N) is 2. The Morgan fingerprint density at radius 3 is 2.53 bits per heavy atom. The molecule has 0 fully saturated rings. The minimum atomic E-state index is 0. The number of benzene rings is 1. The molecule has 1 radical (unpaired) electrons. The van der Waals surface area contributed by atoms with Crippen LogP contribution in [0.4, 0.5) is 17.1 Å². The van der Waals surface area contributed by atoms with Gasteiger partial charge in [-0.25, -0.2) is 5.26 Å². The minimum Gasteiger partial charge on any atom is -0.398 e. The van der Waals surface area contributed by atoms with E-state index in [1.54, 1.807) is 6.07 Å². The van der Waals surface area contributed by atoms with Crippen LogP contribution in [0.1, 0.15) is 0 Å². The maximum atomic E-state index is 8.26. The summed E-state index contributed by atoms with van der Waals surface area (Å²) in [6.07, 6.45) is 0. The second-order valence-electron chi connectivity index (χ2n) is 2.41. The average molecular weight is 303 g/mol. The molecular formula is C7H10N4O2SY. The fraction of sp³-hybridized carbons (Fsp3) is 0.143. The van der Waals surface area contributed by atoms with Gasteiger partial charge >= 0.3 is 0 Å². The molecule has 15 heavy (non-hydrogen) atoms. The van der Waals surface area contributed by atoms with E-state index >= 15 is 0 Å². The summed E-state index contributed by atoms with van der Waals surface area (Å²) in [5, 5.41) is 15.6. The van der Waals surface area contributed by atoms with Gasteiger partial charge in [0, 0.05) is 45.4 Å². The Kier molecular flexibility index (Phi) is 7.03. The molecule has 0 aliphatic carbocycles. The summed E-state index contributed by atoms with van der Waals surface area (Å²) >= 11 is 0.724. The number of anilines is 2. The Balaban J connectivity index is 0.00000196. The molecule has 0 aromatic heterocycles. The SMILES string of the molecule is CN=Nc1cc(SOO)c(N)cc1N.[Y]. The van der Waals surface area contributed by atoms with Crippen molar-refractivity contribution >= 4 is 29.1 Å². The molecule has 0 saturated carbocycles. The third-order valence-electron chi connectivity index (χ3n) is 1.49. The van der Waals surface area contributed by atoms with Gasteiger partial charge in [-0.1, -0.05) is 0 Å². The Morgan fingerprint density at radius 1 is 1.33 bits per heavy atom. The van der Waals surface area contributed by atoms with E-state index in [4.69, 9.17) is 16.7 Å². The minimum absolute atomic E-state index is 0. The average Bonchev–Trinajstić information content (AvgIpc) is 2.14. The van der Waals surface area contributed by atoms with Crippen molar-refractivity contribution < 1.29 is 42.3 Å². The Morgan fingerprint density at radius 2 is 2.00 bits per heavy atom. The van der Waals surface area contributed by atoms with Crippen molar-refractivity contribution in [3.63, 3.8) is 0 Å². The van der Waals surface area contributed by atoms with Gasteiger partial charge in [-0.05, 0) is 12.1 Å². The quantitative estimate of drug-likeness (QED) is 0.260. The van der Waals surface area contributed by atoms with E-state index in [9.17, 15) is 0 Å². The van der Waals surface area contributed by atoms with Gasteiger partial charge in [0.25, 0.3) is 0 Å². The molecule has 0 amide bonds. The van der Waals surface area contributed by atoms with Crippen LogP contribution in [-0.4, -0.2) is 12.3 Å². The Bertz CT molecular complexity index is 361. The third-order valence-corrected chi connectivity index (χ3v) is 2.10. The molecule has 0 atom stereocenters. The molecule has 0 aliphatic rings. The first kappa shape index (κ1) is 14.8. The van der Waals surface area contributed by atoms with Gasteiger partial charge in [0.15, 0.2) is 0 Å². The van der Waals surface area contributed by atoms with Gasteiger partial charge in [0.05, 0.1) is 22.6 Å². The van der Waals surface area contributed by atoms with E-state index in [0.717, 1.165) is 12.0 Å². The van der Waals surface area contributed by atoms with Crippen molar-refractivity contribution in [1.29, 1.82) is 0 Å². The van der Waals surface area contributed by atoms with Crippen LogP contribution in [0.25, 0.3) is 0 Å². The summed E-state index contributed by atoms with van der Waals surface area (Å²) in [5.41, 5.74) is 12.6. The van der Waals surface area contributed by atoms with Gasteiger partial charge in [-0.2, -0.15) is 14.6 Å². The predicted molar refractivity (Wildman–Crippen MR) is 55.3 cm³/mol. The topological polar surface area (TPSA) is 106 Å². The van der Waals surface area contributed by atoms with Crippen LogP contribution in [0, 0.1) is 0 Å². The second kappa shape index (κ2) is 7.13. The van der Waals surface area contributed by atoms with Gasteiger partial charge in [0.1, 0.15) is 5.69 Å². The number of nitrogens with two attached hydrogens (primary N) is 2. The first-order valence-electron chi connectivity index (χ1n) is 3.66. The Hall–Kier alpha value is -0.206. The molecule has 0 saturated heterocycles. The zero-order chi connectivity index (χ0) is 10.6. The first-order chi connectivity index (χ1) is 6.69. The number of hydrogen-bond acceptors (Lipinski definition) is 7. The molecule has 5 N–H and O–H groups in total. The van der Waals surface area contributed by atoms with Gasteiger partial charge in [-0.3, -0.25) is 0 Å². The molecule has 0 heterocycles. The number of nitrogen functional groups attached to an aromatic ring is 2. The zero-order valence-corrected chi connectivity index (χ0v) is 11.7. The van der Waals surface area contributed by atoms with Gasteiger partial charge in [0.2, 0.25) is 0 Å². The fourth-order valence-electron chi connectivity index (χ4n) is 0.910. The van der Waals surface area contributed by atoms with Crippen LogP contribution >= 0.6 is 12.0 Å². The molecule has 6 nitrogen and oxygen atoms in total. The van der Waals surface area contributed by atoms with E-state index in [1.807, 2.05) is 0 Å². The summed E-state index contributed by atoms with van der Waals surface area (Å²) in [6, 6.07) is 3.12. The van der Waals surface area contributed by atoms with Crippen LogP contribution in [-0.2, 0) is 37.0 Å². The van der Waals surface area contributed by atoms with Crippen molar-refractivity contribution in [2.24, 2.45) is 10.2 Å². The second-order valence-corrected chi connectivity index (χ2v) is 3.16. The zero-order valence-electron chi connectivity index (χ0n) is 8.04. The molecular weight excluding hydrogens is 293 g/mol. The number of rotatable bonds is 3. The van der Waals surface area contributed by atoms with Crippen LogP contribution in [0.2, 0.25) is 0 Å². The maximum Gasteiger partial charge on any atom is 0.109 e. The molecule has 0 unspecified atom stereocenters. The summed E-state index contributed by atoms with van der Waals surface area (Å²) in [7, 11) is 1.53. The predicted octanol–water partition coefficient (Wildman–Crippen LogP) is 2.06. The van der Waals surface area contributed by atoms with E-state index < -0.39 is 0 Å². The number of azo groups is 1. The van der Waals surface area contributed by atoms with Crippen molar-refractivity contribution in [2.45, 2.75) is 4.90 Å².